The van der Waals surface area contributed by atoms with Crippen LogP contribution in [0.2, 0.25) is 0 Å². The summed E-state index contributed by atoms with van der Waals surface area (Å²) in [6.07, 6.45) is 0. The van der Waals surface area contributed by atoms with Crippen LogP contribution in [0, 0.1) is 83.1 Å². The second-order valence-corrected chi connectivity index (χ2v) is 19.4. The Morgan fingerprint density at radius 3 is 0.706 bits per heavy atom. The summed E-state index contributed by atoms with van der Waals surface area (Å²) >= 11 is -2.90. The monoisotopic (exact) mass is 731 g/mol. The molecule has 0 saturated heterocycles. The van der Waals surface area contributed by atoms with Crippen molar-refractivity contribution >= 4 is 23.5 Å². The molecule has 0 aliphatic carbocycles. The molecule has 2 heteroatoms. The van der Waals surface area contributed by atoms with Gasteiger partial charge in [-0.1, -0.05) is 0 Å². The van der Waals surface area contributed by atoms with Gasteiger partial charge in [-0.05, 0) is 0 Å². The Kier molecular flexibility index (Phi) is 10.4. The molecule has 0 aliphatic heterocycles. The Balaban J connectivity index is 1.83. The second kappa shape index (κ2) is 14.4. The third-order valence-electron chi connectivity index (χ3n) is 10.6. The van der Waals surface area contributed by atoms with Crippen molar-refractivity contribution in [1.82, 2.24) is 0 Å². The molecule has 0 atom stereocenters. The maximum absolute atomic E-state index is 7.15. The average Bonchev–Trinajstić information content (AvgIpc) is 3.01. The van der Waals surface area contributed by atoms with E-state index in [4.69, 9.17) is 3.76 Å². The van der Waals surface area contributed by atoms with E-state index in [2.05, 4.69) is 168 Å². The number of hydrogen-bond donors (Lipinski definition) is 0. The molecule has 0 aromatic heterocycles. The van der Waals surface area contributed by atoms with Crippen LogP contribution in [0.5, 0.6) is 0 Å². The molecule has 0 spiro atoms. The predicted octanol–water partition coefficient (Wildman–Crippen LogP) is 11.8. The summed E-state index contributed by atoms with van der Waals surface area (Å²) in [7, 11) is 1.98. The molecule has 1 radical (unpaired) electrons. The summed E-state index contributed by atoms with van der Waals surface area (Å²) in [5, 5.41) is 0. The topological polar surface area (TPSA) is 9.23 Å². The van der Waals surface area contributed by atoms with Crippen LogP contribution >= 0.6 is 0 Å². The molecule has 0 amide bonds. The van der Waals surface area contributed by atoms with Crippen molar-refractivity contribution in [2.75, 3.05) is 7.11 Å². The Morgan fingerprint density at radius 1 is 0.333 bits per heavy atom. The summed E-state index contributed by atoms with van der Waals surface area (Å²) in [4.78, 5) is 0. The first-order valence-corrected chi connectivity index (χ1v) is 21.2. The molecule has 0 aliphatic rings. The van der Waals surface area contributed by atoms with Crippen LogP contribution in [-0.2, 0) is 3.76 Å². The molecular formula is C49H53GeO. The van der Waals surface area contributed by atoms with E-state index in [0.29, 0.717) is 0 Å². The molecule has 6 aromatic rings. The van der Waals surface area contributed by atoms with E-state index in [1.807, 2.05) is 7.11 Å². The summed E-state index contributed by atoms with van der Waals surface area (Å²) in [5.41, 5.74) is 26.1. The quantitative estimate of drug-likeness (QED) is 0.149. The Labute approximate surface area is 312 Å². The van der Waals surface area contributed by atoms with E-state index in [1.54, 1.807) is 0 Å². The van der Waals surface area contributed by atoms with Crippen molar-refractivity contribution in [3.8, 4) is 44.5 Å². The van der Waals surface area contributed by atoms with Crippen molar-refractivity contribution in [2.45, 2.75) is 83.1 Å². The summed E-state index contributed by atoms with van der Waals surface area (Å²) in [6.45, 7) is 27.0. The van der Waals surface area contributed by atoms with Gasteiger partial charge < -0.3 is 0 Å². The fourth-order valence-corrected chi connectivity index (χ4v) is 14.4. The van der Waals surface area contributed by atoms with E-state index < -0.39 is 14.7 Å². The van der Waals surface area contributed by atoms with Crippen molar-refractivity contribution in [3.63, 3.8) is 0 Å². The normalized spacial score (nSPS) is 11.5. The fourth-order valence-electron chi connectivity index (χ4n) is 9.18. The summed E-state index contributed by atoms with van der Waals surface area (Å²) < 4.78 is 9.91. The molecule has 0 N–H and O–H groups in total. The van der Waals surface area contributed by atoms with E-state index >= 15 is 0 Å². The first-order valence-electron chi connectivity index (χ1n) is 18.2. The fraction of sp³-hybridized carbons (Fsp3) is 0.265. The van der Waals surface area contributed by atoms with Gasteiger partial charge in [-0.2, -0.15) is 0 Å². The number of aryl methyl sites for hydroxylation is 12. The van der Waals surface area contributed by atoms with Crippen molar-refractivity contribution < 1.29 is 3.76 Å². The van der Waals surface area contributed by atoms with Gasteiger partial charge in [-0.15, -0.1) is 0 Å². The molecular weight excluding hydrogens is 677 g/mol. The van der Waals surface area contributed by atoms with Crippen LogP contribution in [0.4, 0.5) is 0 Å². The van der Waals surface area contributed by atoms with Crippen molar-refractivity contribution in [3.05, 3.63) is 152 Å². The van der Waals surface area contributed by atoms with Crippen LogP contribution < -0.4 is 8.79 Å². The average molecular weight is 731 g/mol. The van der Waals surface area contributed by atoms with Gasteiger partial charge in [0.05, 0.1) is 0 Å². The first kappa shape index (κ1) is 36.6. The first-order chi connectivity index (χ1) is 24.2. The van der Waals surface area contributed by atoms with Crippen LogP contribution in [0.15, 0.2) is 84.9 Å². The van der Waals surface area contributed by atoms with Crippen LogP contribution in [0.1, 0.15) is 66.8 Å². The molecule has 0 saturated carbocycles. The Bertz CT molecular complexity index is 1910. The van der Waals surface area contributed by atoms with Crippen molar-refractivity contribution in [2.24, 2.45) is 0 Å². The van der Waals surface area contributed by atoms with E-state index in [1.165, 1.54) is 120 Å². The second-order valence-electron chi connectivity index (χ2n) is 15.1. The third kappa shape index (κ3) is 6.79. The maximum atomic E-state index is 7.15. The zero-order chi connectivity index (χ0) is 36.9. The van der Waals surface area contributed by atoms with Crippen LogP contribution in [0.3, 0.4) is 0 Å². The van der Waals surface area contributed by atoms with Crippen LogP contribution in [0.25, 0.3) is 44.5 Å². The van der Waals surface area contributed by atoms with Gasteiger partial charge >= 0.3 is 314 Å². The number of rotatable bonds is 7. The minimum atomic E-state index is -2.90. The third-order valence-corrected chi connectivity index (χ3v) is 15.6. The van der Waals surface area contributed by atoms with E-state index in [0.717, 1.165) is 0 Å². The molecule has 0 bridgehead atoms. The summed E-state index contributed by atoms with van der Waals surface area (Å²) in [5.74, 6) is 0. The van der Waals surface area contributed by atoms with Crippen LogP contribution in [-0.4, -0.2) is 21.8 Å². The predicted molar refractivity (Wildman–Crippen MR) is 224 cm³/mol. The van der Waals surface area contributed by atoms with Gasteiger partial charge in [-0.25, -0.2) is 0 Å². The van der Waals surface area contributed by atoms with Gasteiger partial charge in [-0.3, -0.25) is 0 Å². The van der Waals surface area contributed by atoms with Crippen molar-refractivity contribution in [1.29, 1.82) is 0 Å². The zero-order valence-corrected chi connectivity index (χ0v) is 35.1. The summed E-state index contributed by atoms with van der Waals surface area (Å²) in [6, 6.07) is 32.7. The number of hydrogen-bond acceptors (Lipinski definition) is 1. The SMILES string of the molecule is C[O][Ge]([c]1c(-c2c(C)cc(C)cc2C)cccc1-c1c(C)cc(C)cc1C)[c]1c(-c2c(C)cc(C)cc2C)cccc1-c1c(C)cc(C)cc1C. The van der Waals surface area contributed by atoms with Gasteiger partial charge in [0.2, 0.25) is 0 Å². The van der Waals surface area contributed by atoms with E-state index in [-0.39, 0.29) is 0 Å². The van der Waals surface area contributed by atoms with Gasteiger partial charge in [0.15, 0.2) is 0 Å². The molecule has 259 valence electrons. The Hall–Kier alpha value is -4.18. The Morgan fingerprint density at radius 2 is 0.529 bits per heavy atom. The molecule has 1 nitrogen and oxygen atoms in total. The minimum absolute atomic E-state index is 1.29. The molecule has 0 heterocycles. The molecule has 0 unspecified atom stereocenters. The standard InChI is InChI=1S/C49H53GeO/c1-28-20-32(5)44(33(6)21-28)40-16-14-17-41(45-34(7)22-29(2)23-35(45)8)48(40)50(51-13)49-42(46-36(9)24-30(3)25-37(46)10)18-15-19-43(49)47-38(11)26-31(4)27-39(47)12/h14-27H,1-13H3. The van der Waals surface area contributed by atoms with E-state index in [9.17, 15) is 0 Å². The number of benzene rings is 6. The molecule has 6 aromatic carbocycles. The van der Waals surface area contributed by atoms with Gasteiger partial charge in [0, 0.05) is 0 Å². The zero-order valence-electron chi connectivity index (χ0n) is 33.0. The van der Waals surface area contributed by atoms with Gasteiger partial charge in [0.25, 0.3) is 0 Å². The molecule has 51 heavy (non-hydrogen) atoms. The van der Waals surface area contributed by atoms with Gasteiger partial charge in [0.1, 0.15) is 0 Å². The molecule has 0 fully saturated rings. The molecule has 6 rings (SSSR count).